The van der Waals surface area contributed by atoms with Crippen LogP contribution in [-0.2, 0) is 4.74 Å². The summed E-state index contributed by atoms with van der Waals surface area (Å²) in [7, 11) is 2.07. The van der Waals surface area contributed by atoms with Crippen LogP contribution in [0.5, 0.6) is 0 Å². The molecule has 1 unspecified atom stereocenters. The lowest BCUT2D eigenvalue weighted by atomic mass is 10.3. The van der Waals surface area contributed by atoms with E-state index in [1.54, 1.807) is 0 Å². The van der Waals surface area contributed by atoms with Crippen LogP contribution < -0.4 is 11.1 Å². The van der Waals surface area contributed by atoms with Crippen molar-refractivity contribution in [3.8, 4) is 0 Å². The highest BCUT2D eigenvalue weighted by molar-refractivity contribution is 5.81. The molecule has 0 aliphatic carbocycles. The first kappa shape index (κ1) is 11.2. The minimum atomic E-state index is 0.189. The zero-order valence-corrected chi connectivity index (χ0v) is 8.44. The standard InChI is InChI=1S/C8H18N4O2/c1-12-2-3-14-7(6-12)4-10-5-8(9)11-13/h7,10,13H,2-6H2,1H3,(H2,9,11). The van der Waals surface area contributed by atoms with E-state index in [4.69, 9.17) is 15.7 Å². The molecule has 0 saturated carbocycles. The molecule has 1 heterocycles. The lowest BCUT2D eigenvalue weighted by molar-refractivity contribution is -0.0175. The van der Waals surface area contributed by atoms with Crippen LogP contribution in [0.1, 0.15) is 0 Å². The van der Waals surface area contributed by atoms with Crippen LogP contribution in [0.25, 0.3) is 0 Å². The molecular formula is C8H18N4O2. The topological polar surface area (TPSA) is 83.1 Å². The van der Waals surface area contributed by atoms with Crippen LogP contribution >= 0.6 is 0 Å². The molecule has 1 aliphatic rings. The second kappa shape index (κ2) is 5.79. The van der Waals surface area contributed by atoms with E-state index in [0.29, 0.717) is 6.54 Å². The predicted octanol–water partition coefficient (Wildman–Crippen LogP) is -1.35. The minimum Gasteiger partial charge on any atom is -0.409 e. The summed E-state index contributed by atoms with van der Waals surface area (Å²) in [6, 6.07) is 0. The lowest BCUT2D eigenvalue weighted by Gasteiger charge is -2.30. The molecule has 82 valence electrons. The van der Waals surface area contributed by atoms with Gasteiger partial charge in [0, 0.05) is 19.6 Å². The molecule has 0 bridgehead atoms. The average Bonchev–Trinajstić information content (AvgIpc) is 2.17. The Bertz CT molecular complexity index is 198. The van der Waals surface area contributed by atoms with Gasteiger partial charge in [0.15, 0.2) is 5.84 Å². The van der Waals surface area contributed by atoms with Crippen molar-refractivity contribution in [1.29, 1.82) is 0 Å². The van der Waals surface area contributed by atoms with Crippen LogP contribution in [0.3, 0.4) is 0 Å². The third-order valence-corrected chi connectivity index (χ3v) is 2.15. The Morgan fingerprint density at radius 1 is 1.79 bits per heavy atom. The van der Waals surface area contributed by atoms with Crippen LogP contribution in [0.4, 0.5) is 0 Å². The van der Waals surface area contributed by atoms with Crippen molar-refractivity contribution in [1.82, 2.24) is 10.2 Å². The van der Waals surface area contributed by atoms with E-state index in [2.05, 4.69) is 22.4 Å². The van der Waals surface area contributed by atoms with Crippen molar-refractivity contribution in [2.75, 3.05) is 39.8 Å². The normalized spacial score (nSPS) is 25.2. The van der Waals surface area contributed by atoms with E-state index in [-0.39, 0.29) is 11.9 Å². The molecule has 0 aromatic rings. The van der Waals surface area contributed by atoms with Gasteiger partial charge in [-0.05, 0) is 7.05 Å². The zero-order chi connectivity index (χ0) is 10.4. The molecule has 0 amide bonds. The molecular weight excluding hydrogens is 184 g/mol. The number of hydrogen-bond acceptors (Lipinski definition) is 5. The molecule has 6 heteroatoms. The van der Waals surface area contributed by atoms with Gasteiger partial charge in [0.2, 0.25) is 0 Å². The van der Waals surface area contributed by atoms with Gasteiger partial charge in [0.05, 0.1) is 19.3 Å². The smallest absolute Gasteiger partial charge is 0.153 e. The fourth-order valence-electron chi connectivity index (χ4n) is 1.39. The second-order valence-corrected chi connectivity index (χ2v) is 3.48. The first-order valence-electron chi connectivity index (χ1n) is 4.69. The number of oxime groups is 1. The Balaban J connectivity index is 2.11. The third-order valence-electron chi connectivity index (χ3n) is 2.15. The summed E-state index contributed by atoms with van der Waals surface area (Å²) in [4.78, 5) is 2.22. The number of nitrogens with two attached hydrogens (primary N) is 1. The predicted molar refractivity (Wildman–Crippen MR) is 53.5 cm³/mol. The number of ether oxygens (including phenoxy) is 1. The number of nitrogens with one attached hydrogen (secondary N) is 1. The van der Waals surface area contributed by atoms with Crippen molar-refractivity contribution in [3.05, 3.63) is 0 Å². The minimum absolute atomic E-state index is 0.189. The van der Waals surface area contributed by atoms with E-state index in [9.17, 15) is 0 Å². The molecule has 1 fully saturated rings. The van der Waals surface area contributed by atoms with Crippen LogP contribution in [0.15, 0.2) is 5.16 Å². The number of nitrogens with zero attached hydrogens (tertiary/aromatic N) is 2. The number of rotatable bonds is 4. The summed E-state index contributed by atoms with van der Waals surface area (Å²) in [5.41, 5.74) is 5.30. The maximum Gasteiger partial charge on any atom is 0.153 e. The summed E-state index contributed by atoms with van der Waals surface area (Å²) in [5, 5.41) is 14.2. The molecule has 1 atom stereocenters. The number of morpholine rings is 1. The third kappa shape index (κ3) is 3.91. The Morgan fingerprint density at radius 2 is 2.57 bits per heavy atom. The van der Waals surface area contributed by atoms with Crippen molar-refractivity contribution in [3.63, 3.8) is 0 Å². The van der Waals surface area contributed by atoms with Gasteiger partial charge >= 0.3 is 0 Å². The average molecular weight is 202 g/mol. The van der Waals surface area contributed by atoms with Gasteiger partial charge in [0.25, 0.3) is 0 Å². The zero-order valence-electron chi connectivity index (χ0n) is 8.44. The first-order valence-corrected chi connectivity index (χ1v) is 4.69. The molecule has 1 rings (SSSR count). The van der Waals surface area contributed by atoms with Gasteiger partial charge in [0.1, 0.15) is 0 Å². The SMILES string of the molecule is CN1CCOC(CNCC(N)=NO)C1. The molecule has 1 saturated heterocycles. The van der Waals surface area contributed by atoms with Crippen molar-refractivity contribution in [2.45, 2.75) is 6.10 Å². The Morgan fingerprint density at radius 3 is 3.21 bits per heavy atom. The van der Waals surface area contributed by atoms with Gasteiger partial charge in [-0.15, -0.1) is 0 Å². The molecule has 1 aliphatic heterocycles. The number of hydrogen-bond donors (Lipinski definition) is 3. The monoisotopic (exact) mass is 202 g/mol. The highest BCUT2D eigenvalue weighted by Gasteiger charge is 2.16. The van der Waals surface area contributed by atoms with Gasteiger partial charge < -0.3 is 25.9 Å². The van der Waals surface area contributed by atoms with Crippen molar-refractivity contribution >= 4 is 5.84 Å². The Kier molecular flexibility index (Phi) is 4.64. The van der Waals surface area contributed by atoms with Crippen molar-refractivity contribution in [2.24, 2.45) is 10.9 Å². The Labute approximate surface area is 83.7 Å². The van der Waals surface area contributed by atoms with Gasteiger partial charge in [-0.2, -0.15) is 0 Å². The van der Waals surface area contributed by atoms with Crippen LogP contribution in [0.2, 0.25) is 0 Å². The van der Waals surface area contributed by atoms with E-state index in [1.165, 1.54) is 0 Å². The molecule has 14 heavy (non-hydrogen) atoms. The maximum absolute atomic E-state index is 8.30. The van der Waals surface area contributed by atoms with E-state index in [1.807, 2.05) is 0 Å². The van der Waals surface area contributed by atoms with E-state index >= 15 is 0 Å². The quantitative estimate of drug-likeness (QED) is 0.227. The molecule has 0 aromatic heterocycles. The van der Waals surface area contributed by atoms with Crippen LogP contribution in [-0.4, -0.2) is 61.9 Å². The van der Waals surface area contributed by atoms with E-state index in [0.717, 1.165) is 26.2 Å². The highest BCUT2D eigenvalue weighted by atomic mass is 16.5. The van der Waals surface area contributed by atoms with Gasteiger partial charge in [-0.3, -0.25) is 0 Å². The molecule has 0 aromatic carbocycles. The fourth-order valence-corrected chi connectivity index (χ4v) is 1.39. The maximum atomic E-state index is 8.30. The largest absolute Gasteiger partial charge is 0.409 e. The second-order valence-electron chi connectivity index (χ2n) is 3.48. The summed E-state index contributed by atoms with van der Waals surface area (Å²) in [5.74, 6) is 0.189. The lowest BCUT2D eigenvalue weighted by Crippen LogP contribution is -2.46. The van der Waals surface area contributed by atoms with Crippen LogP contribution in [0, 0.1) is 0 Å². The number of likely N-dealkylation sites (N-methyl/N-ethyl adjacent to an activating group) is 1. The first-order chi connectivity index (χ1) is 6.72. The summed E-state index contributed by atoms with van der Waals surface area (Å²) in [6.45, 7) is 3.78. The molecule has 0 radical (unpaired) electrons. The summed E-state index contributed by atoms with van der Waals surface area (Å²) in [6.07, 6.45) is 0.195. The molecule has 0 spiro atoms. The van der Waals surface area contributed by atoms with Gasteiger partial charge in [-0.25, -0.2) is 0 Å². The number of amidine groups is 1. The fraction of sp³-hybridized carbons (Fsp3) is 0.875. The van der Waals surface area contributed by atoms with Crippen molar-refractivity contribution < 1.29 is 9.94 Å². The summed E-state index contributed by atoms with van der Waals surface area (Å²) >= 11 is 0. The van der Waals surface area contributed by atoms with E-state index < -0.39 is 0 Å². The molecule has 6 nitrogen and oxygen atoms in total. The van der Waals surface area contributed by atoms with Gasteiger partial charge in [-0.1, -0.05) is 5.16 Å². The Hall–Kier alpha value is -0.850. The highest BCUT2D eigenvalue weighted by Crippen LogP contribution is 2.00. The summed E-state index contributed by atoms with van der Waals surface area (Å²) < 4.78 is 5.52. The molecule has 4 N–H and O–H groups in total.